The quantitative estimate of drug-likeness (QED) is 0.119. The zero-order valence-corrected chi connectivity index (χ0v) is 27.9. The lowest BCUT2D eigenvalue weighted by molar-refractivity contribution is -0.277. The van der Waals surface area contributed by atoms with Crippen molar-refractivity contribution in [2.45, 2.75) is 30.7 Å². The van der Waals surface area contributed by atoms with Gasteiger partial charge in [-0.1, -0.05) is 0 Å². The van der Waals surface area contributed by atoms with Crippen LogP contribution in [-0.4, -0.2) is 87.3 Å². The van der Waals surface area contributed by atoms with Crippen molar-refractivity contribution >= 4 is 21.9 Å². The summed E-state index contributed by atoms with van der Waals surface area (Å²) >= 11 is 0. The molecule has 5 atom stereocenters. The molecule has 0 amide bonds. The van der Waals surface area contributed by atoms with Gasteiger partial charge in [0.2, 0.25) is 6.29 Å². The topological polar surface area (TPSA) is 239 Å². The number of aromatic hydroxyl groups is 3. The van der Waals surface area contributed by atoms with E-state index < -0.39 is 65.4 Å². The van der Waals surface area contributed by atoms with Gasteiger partial charge < -0.3 is 63.5 Å². The van der Waals surface area contributed by atoms with E-state index in [1.54, 1.807) is 30.3 Å². The number of methoxy groups -OCH3 is 2. The molecular formula is C38H32O15. The number of hydrogen-bond donors (Lipinski definition) is 7. The smallest absolute Gasteiger partial charge is 0.229 e. The standard InChI is InChI=1S/C38H32O15/c1-48-18-6-3-16(4-7-18)27-14-25(44)33-23(42)12-22(41)31(37(33)52-27)20-9-17(5-8-26(20)49-2)28-13-24(43)32-21(40)10-19(11-29(32)51-28)50-38-36(47)35(46)34(45)30(15-39)53-38/h3-14,30,34-36,38-42,45-47H,15H2,1-2H3/t30-,34-,35+,36-,38-/m1/s1. The molecule has 274 valence electrons. The highest BCUT2D eigenvalue weighted by Crippen LogP contribution is 2.46. The predicted molar refractivity (Wildman–Crippen MR) is 187 cm³/mol. The molecule has 0 aliphatic carbocycles. The van der Waals surface area contributed by atoms with Crippen molar-refractivity contribution in [3.8, 4) is 68.3 Å². The molecule has 0 radical (unpaired) electrons. The second-order valence-corrected chi connectivity index (χ2v) is 12.2. The largest absolute Gasteiger partial charge is 0.507 e. The van der Waals surface area contributed by atoms with Crippen LogP contribution in [0, 0.1) is 0 Å². The van der Waals surface area contributed by atoms with Crippen LogP contribution in [0.1, 0.15) is 0 Å². The first-order valence-electron chi connectivity index (χ1n) is 16.1. The summed E-state index contributed by atoms with van der Waals surface area (Å²) in [5, 5.41) is 72.5. The van der Waals surface area contributed by atoms with Gasteiger partial charge in [0.05, 0.1) is 26.4 Å². The highest BCUT2D eigenvalue weighted by atomic mass is 16.7. The first-order chi connectivity index (χ1) is 25.4. The Hall–Kier alpha value is -6.10. The molecule has 7 rings (SSSR count). The number of fused-ring (bicyclic) bond motifs is 2. The fraction of sp³-hybridized carbons (Fsp3) is 0.211. The van der Waals surface area contributed by atoms with Crippen LogP contribution in [0.25, 0.3) is 55.7 Å². The summed E-state index contributed by atoms with van der Waals surface area (Å²) in [4.78, 5) is 26.7. The molecule has 0 saturated carbocycles. The average Bonchev–Trinajstić information content (AvgIpc) is 3.14. The Morgan fingerprint density at radius 3 is 2.00 bits per heavy atom. The molecule has 0 unspecified atom stereocenters. The molecule has 6 aromatic rings. The van der Waals surface area contributed by atoms with Crippen molar-refractivity contribution in [1.82, 2.24) is 0 Å². The first kappa shape index (κ1) is 35.3. The third kappa shape index (κ3) is 6.26. The van der Waals surface area contributed by atoms with Crippen LogP contribution in [0.4, 0.5) is 0 Å². The number of aliphatic hydroxyl groups excluding tert-OH is 4. The molecule has 2 aromatic heterocycles. The molecule has 1 saturated heterocycles. The van der Waals surface area contributed by atoms with E-state index in [1.165, 1.54) is 38.5 Å². The van der Waals surface area contributed by atoms with E-state index in [4.69, 9.17) is 27.8 Å². The zero-order valence-electron chi connectivity index (χ0n) is 27.9. The van der Waals surface area contributed by atoms with Crippen molar-refractivity contribution in [3.05, 3.63) is 93.2 Å². The molecule has 4 aromatic carbocycles. The molecule has 7 N–H and O–H groups in total. The summed E-state index contributed by atoms with van der Waals surface area (Å²) in [5.74, 6) is -0.771. The fourth-order valence-electron chi connectivity index (χ4n) is 6.27. The number of phenols is 3. The molecule has 53 heavy (non-hydrogen) atoms. The van der Waals surface area contributed by atoms with Gasteiger partial charge in [-0.05, 0) is 42.5 Å². The maximum Gasteiger partial charge on any atom is 0.229 e. The van der Waals surface area contributed by atoms with E-state index in [9.17, 15) is 45.3 Å². The number of hydrogen-bond acceptors (Lipinski definition) is 15. The van der Waals surface area contributed by atoms with E-state index in [2.05, 4.69) is 0 Å². The Morgan fingerprint density at radius 1 is 0.660 bits per heavy atom. The van der Waals surface area contributed by atoms with Crippen LogP contribution < -0.4 is 25.1 Å². The van der Waals surface area contributed by atoms with Gasteiger partial charge in [0.25, 0.3) is 0 Å². The van der Waals surface area contributed by atoms with Crippen molar-refractivity contribution < 1.29 is 63.5 Å². The van der Waals surface area contributed by atoms with Gasteiger partial charge in [0, 0.05) is 47.0 Å². The number of ether oxygens (including phenoxy) is 4. The van der Waals surface area contributed by atoms with Gasteiger partial charge in [-0.25, -0.2) is 0 Å². The molecule has 0 spiro atoms. The van der Waals surface area contributed by atoms with E-state index >= 15 is 0 Å². The van der Waals surface area contributed by atoms with Gasteiger partial charge in [-0.3, -0.25) is 9.59 Å². The molecule has 15 heteroatoms. The van der Waals surface area contributed by atoms with Crippen molar-refractivity contribution in [3.63, 3.8) is 0 Å². The molecule has 1 aliphatic heterocycles. The van der Waals surface area contributed by atoms with Crippen LogP contribution in [-0.2, 0) is 4.74 Å². The second-order valence-electron chi connectivity index (χ2n) is 12.2. The zero-order chi connectivity index (χ0) is 37.7. The number of aliphatic hydroxyl groups is 4. The minimum Gasteiger partial charge on any atom is -0.507 e. The van der Waals surface area contributed by atoms with Crippen molar-refractivity contribution in [1.29, 1.82) is 0 Å². The Labute approximate surface area is 298 Å². The van der Waals surface area contributed by atoms with Crippen LogP contribution in [0.15, 0.2) is 91.2 Å². The van der Waals surface area contributed by atoms with E-state index in [-0.39, 0.29) is 61.6 Å². The highest BCUT2D eigenvalue weighted by molar-refractivity contribution is 6.01. The van der Waals surface area contributed by atoms with Crippen LogP contribution in [0.2, 0.25) is 0 Å². The number of rotatable bonds is 8. The summed E-state index contributed by atoms with van der Waals surface area (Å²) in [6.07, 6.45) is -7.93. The first-order valence-corrected chi connectivity index (χ1v) is 16.1. The monoisotopic (exact) mass is 728 g/mol. The normalized spacial score (nSPS) is 20.1. The maximum absolute atomic E-state index is 13.4. The number of benzene rings is 4. The van der Waals surface area contributed by atoms with Crippen molar-refractivity contribution in [2.24, 2.45) is 0 Å². The van der Waals surface area contributed by atoms with Crippen molar-refractivity contribution in [2.75, 3.05) is 20.8 Å². The third-order valence-electron chi connectivity index (χ3n) is 8.97. The molecule has 1 fully saturated rings. The lowest BCUT2D eigenvalue weighted by Gasteiger charge is -2.39. The Bertz CT molecular complexity index is 2470. The molecule has 0 bridgehead atoms. The predicted octanol–water partition coefficient (Wildman–Crippen LogP) is 3.21. The third-order valence-corrected chi connectivity index (χ3v) is 8.97. The van der Waals surface area contributed by atoms with Gasteiger partial charge in [0.15, 0.2) is 16.4 Å². The molecular weight excluding hydrogens is 696 g/mol. The van der Waals surface area contributed by atoms with Crippen LogP contribution in [0.5, 0.6) is 34.5 Å². The Kier molecular flexibility index (Phi) is 9.19. The molecule has 15 nitrogen and oxygen atoms in total. The minimum absolute atomic E-state index is 0.0139. The van der Waals surface area contributed by atoms with E-state index in [1.807, 2.05) is 0 Å². The van der Waals surface area contributed by atoms with E-state index in [0.29, 0.717) is 11.3 Å². The summed E-state index contributed by atoms with van der Waals surface area (Å²) in [7, 11) is 2.89. The summed E-state index contributed by atoms with van der Waals surface area (Å²) < 4.78 is 34.1. The van der Waals surface area contributed by atoms with Gasteiger partial charge in [0.1, 0.15) is 86.8 Å². The lowest BCUT2D eigenvalue weighted by atomic mass is 9.96. The SMILES string of the molecule is COc1ccc(-c2cc(=O)c3c(O)cc(O)c(-c4cc(-c5cc(=O)c6c(O)cc(O[C@@H]7O[C@H](CO)[C@@H](O)[C@H](O)[C@H]7O)cc6o5)ccc4OC)c3o2)cc1. The minimum atomic E-state index is -1.74. The van der Waals surface area contributed by atoms with Crippen LogP contribution in [0.3, 0.4) is 0 Å². The van der Waals surface area contributed by atoms with Gasteiger partial charge >= 0.3 is 0 Å². The molecule has 3 heterocycles. The lowest BCUT2D eigenvalue weighted by Crippen LogP contribution is -2.60. The van der Waals surface area contributed by atoms with Gasteiger partial charge in [-0.2, -0.15) is 0 Å². The maximum atomic E-state index is 13.4. The molecule has 1 aliphatic rings. The number of phenolic OH excluding ortho intramolecular Hbond substituents is 3. The van der Waals surface area contributed by atoms with Crippen LogP contribution >= 0.6 is 0 Å². The second kappa shape index (κ2) is 13.8. The summed E-state index contributed by atoms with van der Waals surface area (Å²) in [6.45, 7) is -0.691. The Balaban J connectivity index is 1.34. The highest BCUT2D eigenvalue weighted by Gasteiger charge is 2.44. The van der Waals surface area contributed by atoms with E-state index in [0.717, 1.165) is 18.2 Å². The van der Waals surface area contributed by atoms with Gasteiger partial charge in [-0.15, -0.1) is 0 Å². The summed E-state index contributed by atoms with van der Waals surface area (Å²) in [6, 6.07) is 16.9. The fourth-order valence-corrected chi connectivity index (χ4v) is 6.27. The average molecular weight is 729 g/mol. The Morgan fingerprint density at radius 2 is 1.32 bits per heavy atom. The summed E-state index contributed by atoms with van der Waals surface area (Å²) in [5.41, 5.74) is -0.595.